The van der Waals surface area contributed by atoms with Gasteiger partial charge in [0, 0.05) is 37.3 Å². The molecule has 2 aliphatic rings. The summed E-state index contributed by atoms with van der Waals surface area (Å²) >= 11 is 0. The molecule has 0 saturated carbocycles. The van der Waals surface area contributed by atoms with E-state index in [1.165, 1.54) is 18.1 Å². The zero-order chi connectivity index (χ0) is 19.0. The number of hydrogen-bond donors (Lipinski definition) is 0. The molecule has 2 aliphatic heterocycles. The second-order valence-electron chi connectivity index (χ2n) is 7.29. The Morgan fingerprint density at radius 3 is 2.59 bits per heavy atom. The fraction of sp³-hybridized carbons (Fsp3) is 0.318. The summed E-state index contributed by atoms with van der Waals surface area (Å²) in [6, 6.07) is 15.2. The molecule has 4 rings (SSSR count). The van der Waals surface area contributed by atoms with Gasteiger partial charge >= 0.3 is 0 Å². The fourth-order valence-electron chi connectivity index (χ4n) is 3.96. The van der Waals surface area contributed by atoms with Crippen molar-refractivity contribution in [2.45, 2.75) is 26.3 Å². The normalized spacial score (nSPS) is 19.1. The summed E-state index contributed by atoms with van der Waals surface area (Å²) in [6.07, 6.45) is 1.08. The van der Waals surface area contributed by atoms with Gasteiger partial charge < -0.3 is 9.80 Å². The summed E-state index contributed by atoms with van der Waals surface area (Å²) in [7, 11) is 0. The SMILES string of the molecule is CC(=O)c1cccc(N2CC(C(=O)N3CCc4ccccc4C3)CC2=O)c1. The molecule has 0 radical (unpaired) electrons. The minimum atomic E-state index is -0.330. The first-order chi connectivity index (χ1) is 13.0. The number of nitrogens with zero attached hydrogens (tertiary/aromatic N) is 2. The van der Waals surface area contributed by atoms with E-state index in [1.54, 1.807) is 23.1 Å². The standard InChI is InChI=1S/C22H22N2O3/c1-15(25)17-7-4-8-20(11-17)24-14-19(12-21(24)26)22(27)23-10-9-16-5-2-3-6-18(16)13-23/h2-8,11,19H,9-10,12-14H2,1H3. The second kappa shape index (κ2) is 6.99. The molecule has 1 atom stereocenters. The lowest BCUT2D eigenvalue weighted by atomic mass is 9.98. The summed E-state index contributed by atoms with van der Waals surface area (Å²) in [5.74, 6) is -0.388. The highest BCUT2D eigenvalue weighted by Crippen LogP contribution is 2.29. The van der Waals surface area contributed by atoms with Crippen LogP contribution >= 0.6 is 0 Å². The number of benzene rings is 2. The van der Waals surface area contributed by atoms with Gasteiger partial charge in [-0.05, 0) is 36.6 Å². The van der Waals surface area contributed by atoms with Crippen molar-refractivity contribution in [2.24, 2.45) is 5.92 Å². The van der Waals surface area contributed by atoms with Gasteiger partial charge in [-0.15, -0.1) is 0 Å². The average Bonchev–Trinajstić information content (AvgIpc) is 3.08. The molecule has 0 N–H and O–H groups in total. The molecule has 1 saturated heterocycles. The van der Waals surface area contributed by atoms with Gasteiger partial charge in [0.1, 0.15) is 0 Å². The van der Waals surface area contributed by atoms with Gasteiger partial charge in [0.15, 0.2) is 5.78 Å². The van der Waals surface area contributed by atoms with Gasteiger partial charge in [-0.1, -0.05) is 36.4 Å². The molecule has 2 amide bonds. The molecule has 0 aliphatic carbocycles. The maximum atomic E-state index is 13.0. The van der Waals surface area contributed by atoms with Crippen LogP contribution in [0.5, 0.6) is 0 Å². The Kier molecular flexibility index (Phi) is 4.52. The smallest absolute Gasteiger partial charge is 0.228 e. The van der Waals surface area contributed by atoms with Crippen LogP contribution in [0.2, 0.25) is 0 Å². The van der Waals surface area contributed by atoms with Crippen molar-refractivity contribution in [3.05, 3.63) is 65.2 Å². The van der Waals surface area contributed by atoms with E-state index in [9.17, 15) is 14.4 Å². The van der Waals surface area contributed by atoms with Gasteiger partial charge in [-0.2, -0.15) is 0 Å². The van der Waals surface area contributed by atoms with Crippen LogP contribution in [0, 0.1) is 5.92 Å². The molecular weight excluding hydrogens is 340 g/mol. The number of rotatable bonds is 3. The number of anilines is 1. The topological polar surface area (TPSA) is 57.7 Å². The minimum Gasteiger partial charge on any atom is -0.338 e. The highest BCUT2D eigenvalue weighted by atomic mass is 16.2. The predicted octanol–water partition coefficient (Wildman–Crippen LogP) is 2.83. The molecule has 138 valence electrons. The Labute approximate surface area is 158 Å². The quantitative estimate of drug-likeness (QED) is 0.789. The third-order valence-corrected chi connectivity index (χ3v) is 5.48. The summed E-state index contributed by atoms with van der Waals surface area (Å²) in [5, 5.41) is 0. The van der Waals surface area contributed by atoms with Crippen LogP contribution in [0.1, 0.15) is 34.8 Å². The molecule has 0 aromatic heterocycles. The molecule has 1 fully saturated rings. The number of hydrogen-bond acceptors (Lipinski definition) is 3. The van der Waals surface area contributed by atoms with Crippen LogP contribution < -0.4 is 4.90 Å². The summed E-state index contributed by atoms with van der Waals surface area (Å²) < 4.78 is 0. The van der Waals surface area contributed by atoms with Crippen molar-refractivity contribution in [3.63, 3.8) is 0 Å². The fourth-order valence-corrected chi connectivity index (χ4v) is 3.96. The lowest BCUT2D eigenvalue weighted by Crippen LogP contribution is -2.40. The Bertz CT molecular complexity index is 921. The van der Waals surface area contributed by atoms with E-state index in [0.717, 1.165) is 6.42 Å². The monoisotopic (exact) mass is 362 g/mol. The highest BCUT2D eigenvalue weighted by Gasteiger charge is 2.38. The van der Waals surface area contributed by atoms with Crippen molar-refractivity contribution >= 4 is 23.3 Å². The first-order valence-corrected chi connectivity index (χ1v) is 9.30. The third kappa shape index (κ3) is 3.37. The molecule has 2 aromatic carbocycles. The van der Waals surface area contributed by atoms with Crippen LogP contribution in [0.4, 0.5) is 5.69 Å². The van der Waals surface area contributed by atoms with Crippen molar-refractivity contribution in [2.75, 3.05) is 18.0 Å². The highest BCUT2D eigenvalue weighted by molar-refractivity contribution is 6.02. The van der Waals surface area contributed by atoms with Crippen molar-refractivity contribution in [1.29, 1.82) is 0 Å². The van der Waals surface area contributed by atoms with Crippen molar-refractivity contribution in [3.8, 4) is 0 Å². The maximum absolute atomic E-state index is 13.0. The van der Waals surface area contributed by atoms with Crippen LogP contribution in [0.3, 0.4) is 0 Å². The van der Waals surface area contributed by atoms with E-state index < -0.39 is 0 Å². The molecule has 5 heteroatoms. The molecule has 5 nitrogen and oxygen atoms in total. The number of fused-ring (bicyclic) bond motifs is 1. The van der Waals surface area contributed by atoms with Gasteiger partial charge in [-0.25, -0.2) is 0 Å². The Hall–Kier alpha value is -2.95. The van der Waals surface area contributed by atoms with Gasteiger partial charge in [0.05, 0.1) is 5.92 Å². The Balaban J connectivity index is 1.49. The van der Waals surface area contributed by atoms with Crippen LogP contribution in [0.15, 0.2) is 48.5 Å². The number of carbonyl (C=O) groups excluding carboxylic acids is 3. The van der Waals surface area contributed by atoms with Gasteiger partial charge in [0.25, 0.3) is 0 Å². The van der Waals surface area contributed by atoms with Crippen molar-refractivity contribution in [1.82, 2.24) is 4.90 Å². The number of amides is 2. The van der Waals surface area contributed by atoms with E-state index in [1.807, 2.05) is 23.1 Å². The molecular formula is C22H22N2O3. The van der Waals surface area contributed by atoms with E-state index in [0.29, 0.717) is 30.9 Å². The lowest BCUT2D eigenvalue weighted by molar-refractivity contribution is -0.136. The lowest BCUT2D eigenvalue weighted by Gasteiger charge is -2.30. The van der Waals surface area contributed by atoms with Gasteiger partial charge in [-0.3, -0.25) is 14.4 Å². The Morgan fingerprint density at radius 2 is 1.81 bits per heavy atom. The van der Waals surface area contributed by atoms with E-state index in [2.05, 4.69) is 12.1 Å². The van der Waals surface area contributed by atoms with Crippen LogP contribution in [0.25, 0.3) is 0 Å². The second-order valence-corrected chi connectivity index (χ2v) is 7.29. The predicted molar refractivity (Wildman–Crippen MR) is 102 cm³/mol. The first kappa shape index (κ1) is 17.5. The minimum absolute atomic E-state index is 0.0388. The largest absolute Gasteiger partial charge is 0.338 e. The summed E-state index contributed by atoms with van der Waals surface area (Å²) in [4.78, 5) is 40.6. The first-order valence-electron chi connectivity index (χ1n) is 9.30. The van der Waals surface area contributed by atoms with E-state index in [4.69, 9.17) is 0 Å². The molecule has 2 aromatic rings. The van der Waals surface area contributed by atoms with Crippen LogP contribution in [-0.4, -0.2) is 35.6 Å². The molecule has 0 bridgehead atoms. The molecule has 0 spiro atoms. The maximum Gasteiger partial charge on any atom is 0.228 e. The summed E-state index contributed by atoms with van der Waals surface area (Å²) in [6.45, 7) is 3.18. The molecule has 27 heavy (non-hydrogen) atoms. The zero-order valence-corrected chi connectivity index (χ0v) is 15.4. The average molecular weight is 362 g/mol. The molecule has 1 unspecified atom stereocenters. The summed E-state index contributed by atoms with van der Waals surface area (Å²) in [5.41, 5.74) is 3.74. The third-order valence-electron chi connectivity index (χ3n) is 5.48. The van der Waals surface area contributed by atoms with Gasteiger partial charge in [0.2, 0.25) is 11.8 Å². The zero-order valence-electron chi connectivity index (χ0n) is 15.4. The van der Waals surface area contributed by atoms with Crippen LogP contribution in [-0.2, 0) is 22.6 Å². The van der Waals surface area contributed by atoms with E-state index >= 15 is 0 Å². The van der Waals surface area contributed by atoms with Crippen molar-refractivity contribution < 1.29 is 14.4 Å². The number of carbonyl (C=O) groups is 3. The number of Topliss-reactive ketones (excluding diaryl/α,β-unsaturated/α-hetero) is 1. The molecule has 2 heterocycles. The Morgan fingerprint density at radius 1 is 1.04 bits per heavy atom. The number of ketones is 1. The van der Waals surface area contributed by atoms with E-state index in [-0.39, 0.29) is 29.9 Å².